The number of nitro benzene ring substituents is 1. The van der Waals surface area contributed by atoms with Crippen LogP contribution in [0, 0.1) is 16.0 Å². The van der Waals surface area contributed by atoms with Crippen LogP contribution in [0.25, 0.3) is 0 Å². The van der Waals surface area contributed by atoms with Crippen LogP contribution in [0.1, 0.15) is 51.5 Å². The second-order valence-corrected chi connectivity index (χ2v) is 7.71. The fourth-order valence-corrected chi connectivity index (χ4v) is 3.64. The summed E-state index contributed by atoms with van der Waals surface area (Å²) >= 11 is 0. The van der Waals surface area contributed by atoms with E-state index < -0.39 is 0 Å². The van der Waals surface area contributed by atoms with Crippen molar-refractivity contribution in [2.45, 2.75) is 52.0 Å². The zero-order valence-corrected chi connectivity index (χ0v) is 16.7. The van der Waals surface area contributed by atoms with Crippen LogP contribution in [-0.2, 0) is 9.53 Å². The predicted octanol–water partition coefficient (Wildman–Crippen LogP) is 3.48. The lowest BCUT2D eigenvalue weighted by atomic mass is 9.95. The molecule has 1 aromatic rings. The summed E-state index contributed by atoms with van der Waals surface area (Å²) in [5.74, 6) is -0.0505. The summed E-state index contributed by atoms with van der Waals surface area (Å²) in [6.07, 6.45) is 2.16. The number of carbonyl (C=O) groups is 1. The zero-order chi connectivity index (χ0) is 20.0. The average molecular weight is 377 g/mol. The van der Waals surface area contributed by atoms with Gasteiger partial charge in [-0.2, -0.15) is 0 Å². The monoisotopic (exact) mass is 377 g/mol. The van der Waals surface area contributed by atoms with Crippen LogP contribution >= 0.6 is 0 Å². The zero-order valence-electron chi connectivity index (χ0n) is 16.7. The van der Waals surface area contributed by atoms with Gasteiger partial charge in [-0.3, -0.25) is 14.9 Å². The van der Waals surface area contributed by atoms with Crippen molar-refractivity contribution < 1.29 is 14.5 Å². The SMILES string of the molecule is COC(=O)C[C@@H](C)c1ccc(N(CC(C)C)C2CCNCC2)c([N+](=O)[O-])c1. The molecule has 0 unspecified atom stereocenters. The third-order valence-electron chi connectivity index (χ3n) is 5.09. The van der Waals surface area contributed by atoms with Gasteiger partial charge in [0.25, 0.3) is 5.69 Å². The normalized spacial score (nSPS) is 16.2. The van der Waals surface area contributed by atoms with Gasteiger partial charge in [-0.25, -0.2) is 0 Å². The minimum Gasteiger partial charge on any atom is -0.469 e. The maximum atomic E-state index is 11.8. The van der Waals surface area contributed by atoms with Crippen LogP contribution in [-0.4, -0.2) is 43.7 Å². The van der Waals surface area contributed by atoms with Gasteiger partial charge < -0.3 is 15.0 Å². The first-order valence-corrected chi connectivity index (χ1v) is 9.66. The van der Waals surface area contributed by atoms with E-state index in [1.807, 2.05) is 19.1 Å². The Balaban J connectivity index is 2.37. The van der Waals surface area contributed by atoms with Crippen molar-refractivity contribution in [3.8, 4) is 0 Å². The van der Waals surface area contributed by atoms with Crippen molar-refractivity contribution in [2.24, 2.45) is 5.92 Å². The maximum absolute atomic E-state index is 11.8. The molecule has 0 spiro atoms. The summed E-state index contributed by atoms with van der Waals surface area (Å²) in [5, 5.41) is 15.2. The standard InChI is InChI=1S/C20H31N3O4/c1-14(2)13-22(17-7-9-21-10-8-17)18-6-5-16(12-19(18)23(25)26)15(3)11-20(24)27-4/h5-6,12,14-15,17,21H,7-11,13H2,1-4H3/t15-/m1/s1. The van der Waals surface area contributed by atoms with Crippen molar-refractivity contribution in [3.05, 3.63) is 33.9 Å². The molecule has 1 fully saturated rings. The smallest absolute Gasteiger partial charge is 0.306 e. The van der Waals surface area contributed by atoms with Gasteiger partial charge in [-0.05, 0) is 49.4 Å². The van der Waals surface area contributed by atoms with Crippen molar-refractivity contribution in [2.75, 3.05) is 31.6 Å². The molecule has 1 atom stereocenters. The average Bonchev–Trinajstić information content (AvgIpc) is 2.66. The number of nitrogens with zero attached hydrogens (tertiary/aromatic N) is 2. The minimum atomic E-state index is -0.314. The molecule has 0 saturated carbocycles. The van der Waals surface area contributed by atoms with E-state index in [-0.39, 0.29) is 28.9 Å². The quantitative estimate of drug-likeness (QED) is 0.424. The number of piperidine rings is 1. The molecule has 0 bridgehead atoms. The van der Waals surface area contributed by atoms with E-state index in [2.05, 4.69) is 24.1 Å². The van der Waals surface area contributed by atoms with E-state index in [1.165, 1.54) is 7.11 Å². The topological polar surface area (TPSA) is 84.7 Å². The fourth-order valence-electron chi connectivity index (χ4n) is 3.64. The molecule has 27 heavy (non-hydrogen) atoms. The highest BCUT2D eigenvalue weighted by molar-refractivity contribution is 5.71. The molecule has 7 nitrogen and oxygen atoms in total. The number of esters is 1. The largest absolute Gasteiger partial charge is 0.469 e. The third kappa shape index (κ3) is 5.66. The number of rotatable bonds is 8. The van der Waals surface area contributed by atoms with Crippen LogP contribution in [0.2, 0.25) is 0 Å². The maximum Gasteiger partial charge on any atom is 0.306 e. The van der Waals surface area contributed by atoms with Crippen molar-refractivity contribution in [1.29, 1.82) is 0 Å². The third-order valence-corrected chi connectivity index (χ3v) is 5.09. The number of benzene rings is 1. The number of nitro groups is 1. The Bertz CT molecular complexity index is 657. The van der Waals surface area contributed by atoms with Gasteiger partial charge in [0.15, 0.2) is 0 Å². The van der Waals surface area contributed by atoms with Crippen LogP contribution in [0.4, 0.5) is 11.4 Å². The first kappa shape index (κ1) is 21.2. The van der Waals surface area contributed by atoms with Gasteiger partial charge in [0.05, 0.1) is 18.5 Å². The number of ether oxygens (including phenoxy) is 1. The number of hydrogen-bond donors (Lipinski definition) is 1. The highest BCUT2D eigenvalue weighted by atomic mass is 16.6. The van der Waals surface area contributed by atoms with Crippen molar-refractivity contribution >= 4 is 17.3 Å². The van der Waals surface area contributed by atoms with Crippen LogP contribution in [0.3, 0.4) is 0 Å². The molecule has 0 radical (unpaired) electrons. The lowest BCUT2D eigenvalue weighted by Gasteiger charge is -2.37. The van der Waals surface area contributed by atoms with Crippen molar-refractivity contribution in [1.82, 2.24) is 5.32 Å². The van der Waals surface area contributed by atoms with Crippen LogP contribution < -0.4 is 10.2 Å². The summed E-state index contributed by atoms with van der Waals surface area (Å²) in [6, 6.07) is 5.68. The van der Waals surface area contributed by atoms with Gasteiger partial charge in [0.1, 0.15) is 5.69 Å². The van der Waals surface area contributed by atoms with E-state index in [1.54, 1.807) is 6.07 Å². The van der Waals surface area contributed by atoms with Gasteiger partial charge in [0.2, 0.25) is 0 Å². The molecule has 0 aliphatic carbocycles. The molecule has 1 aromatic carbocycles. The molecule has 0 aromatic heterocycles. The van der Waals surface area contributed by atoms with Crippen LogP contribution in [0.5, 0.6) is 0 Å². The van der Waals surface area contributed by atoms with Gasteiger partial charge in [-0.1, -0.05) is 26.8 Å². The Kier molecular flexibility index (Phi) is 7.59. The van der Waals surface area contributed by atoms with Crippen molar-refractivity contribution in [3.63, 3.8) is 0 Å². The Hall–Kier alpha value is -2.15. The summed E-state index contributed by atoms with van der Waals surface area (Å²) in [5.41, 5.74) is 1.57. The Morgan fingerprint density at radius 3 is 2.56 bits per heavy atom. The molecule has 1 heterocycles. The lowest BCUT2D eigenvalue weighted by Crippen LogP contribution is -2.45. The molecule has 1 aliphatic rings. The summed E-state index contributed by atoms with van der Waals surface area (Å²) in [7, 11) is 1.35. The fraction of sp³-hybridized carbons (Fsp3) is 0.650. The molecule has 1 aliphatic heterocycles. The molecular weight excluding hydrogens is 346 g/mol. The molecular formula is C20H31N3O4. The number of carbonyl (C=O) groups excluding carboxylic acids is 1. The van der Waals surface area contributed by atoms with Gasteiger partial charge >= 0.3 is 5.97 Å². The Labute approximate surface area is 161 Å². The van der Waals surface area contributed by atoms with Gasteiger partial charge in [0, 0.05) is 18.7 Å². The van der Waals surface area contributed by atoms with E-state index in [4.69, 9.17) is 4.74 Å². The summed E-state index contributed by atoms with van der Waals surface area (Å²) in [6.45, 7) is 8.79. The van der Waals surface area contributed by atoms with Gasteiger partial charge in [-0.15, -0.1) is 0 Å². The summed E-state index contributed by atoms with van der Waals surface area (Å²) in [4.78, 5) is 25.3. The molecule has 1 N–H and O–H groups in total. The first-order valence-electron chi connectivity index (χ1n) is 9.66. The molecule has 150 valence electrons. The minimum absolute atomic E-state index is 0.114. The molecule has 1 saturated heterocycles. The lowest BCUT2D eigenvalue weighted by molar-refractivity contribution is -0.384. The number of nitrogens with one attached hydrogen (secondary N) is 1. The summed E-state index contributed by atoms with van der Waals surface area (Å²) < 4.78 is 4.72. The van der Waals surface area contributed by atoms with Crippen LogP contribution in [0.15, 0.2) is 18.2 Å². The number of methoxy groups -OCH3 is 1. The molecule has 0 amide bonds. The van der Waals surface area contributed by atoms with E-state index in [0.717, 1.165) is 38.0 Å². The highest BCUT2D eigenvalue weighted by Gasteiger charge is 2.28. The Morgan fingerprint density at radius 2 is 2.00 bits per heavy atom. The molecule has 2 rings (SSSR count). The Morgan fingerprint density at radius 1 is 1.33 bits per heavy atom. The number of anilines is 1. The van der Waals surface area contributed by atoms with E-state index >= 15 is 0 Å². The van der Waals surface area contributed by atoms with E-state index in [9.17, 15) is 14.9 Å². The first-order chi connectivity index (χ1) is 12.8. The van der Waals surface area contributed by atoms with E-state index in [0.29, 0.717) is 17.6 Å². The predicted molar refractivity (Wildman–Crippen MR) is 106 cm³/mol. The molecule has 7 heteroatoms. The number of hydrogen-bond acceptors (Lipinski definition) is 6. The highest BCUT2D eigenvalue weighted by Crippen LogP contribution is 2.35. The second-order valence-electron chi connectivity index (χ2n) is 7.71. The second kappa shape index (κ2) is 9.69.